The third-order valence-corrected chi connectivity index (χ3v) is 6.20. The summed E-state index contributed by atoms with van der Waals surface area (Å²) < 4.78 is 11.5. The highest BCUT2D eigenvalue weighted by Crippen LogP contribution is 2.36. The van der Waals surface area contributed by atoms with E-state index in [2.05, 4.69) is 17.2 Å². The molecule has 2 aliphatic carbocycles. The van der Waals surface area contributed by atoms with Gasteiger partial charge in [0.2, 0.25) is 0 Å². The van der Waals surface area contributed by atoms with Crippen molar-refractivity contribution in [3.8, 4) is 5.75 Å². The molecule has 0 radical (unpaired) electrons. The fourth-order valence-corrected chi connectivity index (χ4v) is 3.96. The van der Waals surface area contributed by atoms with Crippen molar-refractivity contribution in [3.05, 3.63) is 29.2 Å². The average molecular weight is 432 g/mol. The van der Waals surface area contributed by atoms with Gasteiger partial charge < -0.3 is 25.5 Å². The summed E-state index contributed by atoms with van der Waals surface area (Å²) in [5, 5.41) is 4.13. The van der Waals surface area contributed by atoms with Gasteiger partial charge in [-0.05, 0) is 69.4 Å². The number of hydrazine groups is 1. The number of pyridine rings is 1. The van der Waals surface area contributed by atoms with Gasteiger partial charge >= 0.3 is 6.09 Å². The van der Waals surface area contributed by atoms with E-state index in [9.17, 15) is 4.79 Å². The Labute approximate surface area is 185 Å². The van der Waals surface area contributed by atoms with Crippen molar-refractivity contribution in [1.82, 2.24) is 15.3 Å². The van der Waals surface area contributed by atoms with Crippen molar-refractivity contribution < 1.29 is 14.3 Å². The van der Waals surface area contributed by atoms with Gasteiger partial charge in [0, 0.05) is 7.05 Å². The number of carbonyl (C=O) groups excluding carboxylic acids is 1. The molecule has 0 aliphatic heterocycles. The zero-order chi connectivity index (χ0) is 22.4. The average Bonchev–Trinajstić information content (AvgIpc) is 3.59. The molecule has 2 saturated carbocycles. The zero-order valence-electron chi connectivity index (χ0n) is 19.0. The minimum Gasteiger partial charge on any atom is -0.489 e. The largest absolute Gasteiger partial charge is 0.489 e. The lowest BCUT2D eigenvalue weighted by atomic mass is 9.98. The van der Waals surface area contributed by atoms with Crippen molar-refractivity contribution in [1.29, 1.82) is 0 Å². The summed E-state index contributed by atoms with van der Waals surface area (Å²) in [7, 11) is 1.68. The van der Waals surface area contributed by atoms with Gasteiger partial charge in [-0.1, -0.05) is 13.3 Å². The Morgan fingerprint density at radius 1 is 1.26 bits per heavy atom. The Morgan fingerprint density at radius 3 is 2.58 bits per heavy atom. The Balaban J connectivity index is 1.61. The van der Waals surface area contributed by atoms with Crippen LogP contribution in [0.25, 0.3) is 5.70 Å². The molecule has 1 atom stereocenters. The quantitative estimate of drug-likeness (QED) is 0.406. The first kappa shape index (κ1) is 23.2. The lowest BCUT2D eigenvalue weighted by Gasteiger charge is -2.24. The molecule has 172 valence electrons. The van der Waals surface area contributed by atoms with E-state index in [1.807, 2.05) is 19.1 Å². The molecule has 0 bridgehead atoms. The Bertz CT molecular complexity index is 785. The zero-order valence-corrected chi connectivity index (χ0v) is 19.0. The lowest BCUT2D eigenvalue weighted by Crippen LogP contribution is -2.37. The molecule has 1 aromatic heterocycles. The van der Waals surface area contributed by atoms with Gasteiger partial charge in [0.1, 0.15) is 5.75 Å². The predicted molar refractivity (Wildman–Crippen MR) is 121 cm³/mol. The van der Waals surface area contributed by atoms with Crippen molar-refractivity contribution >= 4 is 11.8 Å². The van der Waals surface area contributed by atoms with Crippen LogP contribution in [0.1, 0.15) is 63.3 Å². The third-order valence-electron chi connectivity index (χ3n) is 6.20. The van der Waals surface area contributed by atoms with Gasteiger partial charge in [-0.15, -0.1) is 0 Å². The van der Waals surface area contributed by atoms with Crippen molar-refractivity contribution in [2.24, 2.45) is 23.4 Å². The molecule has 0 saturated heterocycles. The highest BCUT2D eigenvalue weighted by Gasteiger charge is 2.28. The van der Waals surface area contributed by atoms with E-state index in [1.165, 1.54) is 37.1 Å². The van der Waals surface area contributed by atoms with E-state index < -0.39 is 6.09 Å². The maximum absolute atomic E-state index is 12.1. The summed E-state index contributed by atoms with van der Waals surface area (Å²) in [4.78, 5) is 16.7. The van der Waals surface area contributed by atoms with E-state index >= 15 is 0 Å². The number of rotatable bonds is 9. The van der Waals surface area contributed by atoms with Crippen molar-refractivity contribution in [2.75, 3.05) is 20.2 Å². The Hall–Kier alpha value is -2.48. The minimum absolute atomic E-state index is 0.149. The molecule has 8 heteroatoms. The number of amides is 1. The Morgan fingerprint density at radius 2 is 1.97 bits per heavy atom. The molecule has 1 unspecified atom stereocenters. The van der Waals surface area contributed by atoms with Crippen molar-refractivity contribution in [3.63, 3.8) is 0 Å². The smallest absolute Gasteiger partial charge is 0.407 e. The van der Waals surface area contributed by atoms with E-state index in [1.54, 1.807) is 7.05 Å². The Kier molecular flexibility index (Phi) is 8.01. The molecule has 2 fully saturated rings. The van der Waals surface area contributed by atoms with Gasteiger partial charge in [-0.2, -0.15) is 0 Å². The van der Waals surface area contributed by atoms with Crippen LogP contribution >= 0.6 is 0 Å². The maximum atomic E-state index is 12.1. The van der Waals surface area contributed by atoms with Crippen LogP contribution in [-0.2, 0) is 4.74 Å². The number of ether oxygens (including phenoxy) is 2. The minimum atomic E-state index is -0.472. The predicted octanol–water partition coefficient (Wildman–Crippen LogP) is 3.31. The molecule has 2 aliphatic rings. The fourth-order valence-electron chi connectivity index (χ4n) is 3.96. The summed E-state index contributed by atoms with van der Waals surface area (Å²) in [6, 6.07) is 3.74. The van der Waals surface area contributed by atoms with Gasteiger partial charge in [0.15, 0.2) is 0 Å². The number of alkyl carbamates (subject to hydrolysis) is 1. The first-order chi connectivity index (χ1) is 14.8. The summed E-state index contributed by atoms with van der Waals surface area (Å²) in [6.07, 6.45) is 8.14. The molecular formula is C23H37N5O3. The second-order valence-corrected chi connectivity index (χ2v) is 8.90. The number of aromatic nitrogens is 1. The van der Waals surface area contributed by atoms with E-state index in [0.717, 1.165) is 24.3 Å². The van der Waals surface area contributed by atoms with Crippen LogP contribution in [0.2, 0.25) is 0 Å². The number of nitrogens with one attached hydrogen (secondary N) is 1. The van der Waals surface area contributed by atoms with E-state index in [-0.39, 0.29) is 12.6 Å². The van der Waals surface area contributed by atoms with Crippen LogP contribution in [0.4, 0.5) is 4.79 Å². The van der Waals surface area contributed by atoms with Crippen LogP contribution < -0.4 is 21.6 Å². The molecule has 1 heterocycles. The molecule has 1 amide bonds. The first-order valence-corrected chi connectivity index (χ1v) is 11.4. The number of hydrogen-bond donors (Lipinski definition) is 3. The highest BCUT2D eigenvalue weighted by molar-refractivity contribution is 5.69. The number of aryl methyl sites for hydroxylation is 1. The topological polar surface area (TPSA) is 116 Å². The van der Waals surface area contributed by atoms with E-state index in [4.69, 9.17) is 21.1 Å². The highest BCUT2D eigenvalue weighted by atomic mass is 16.5. The van der Waals surface area contributed by atoms with Gasteiger partial charge in [0.25, 0.3) is 0 Å². The molecular weight excluding hydrogens is 394 g/mol. The fraction of sp³-hybridized carbons (Fsp3) is 0.652. The third kappa shape index (κ3) is 6.75. The lowest BCUT2D eigenvalue weighted by molar-refractivity contribution is 0.125. The number of nitrogens with two attached hydrogens (primary N) is 2. The standard InChI is InChI=1S/C23H37N5O3/c1-15(17-9-10-17)14-30-23(29)26-13-20(28(3)25)22(24)19-11-12-21(16(2)27-19)31-18-7-5-4-6-8-18/h11-12,15,17-18H,4-10,13-14,24-25H2,1-3H3,(H,26,29)/b22-20-. The van der Waals surface area contributed by atoms with Gasteiger partial charge in [-0.3, -0.25) is 0 Å². The number of hydrogen-bond acceptors (Lipinski definition) is 7. The molecule has 0 spiro atoms. The van der Waals surface area contributed by atoms with Gasteiger partial charge in [0.05, 0.1) is 42.0 Å². The second-order valence-electron chi connectivity index (χ2n) is 8.90. The van der Waals surface area contributed by atoms with E-state index in [0.29, 0.717) is 35.5 Å². The summed E-state index contributed by atoms with van der Waals surface area (Å²) in [5.41, 5.74) is 8.70. The number of carbonyl (C=O) groups is 1. The van der Waals surface area contributed by atoms with Crippen LogP contribution in [0.3, 0.4) is 0 Å². The summed E-state index contributed by atoms with van der Waals surface area (Å²) >= 11 is 0. The monoisotopic (exact) mass is 431 g/mol. The second kappa shape index (κ2) is 10.7. The molecule has 5 N–H and O–H groups in total. The molecule has 0 aromatic carbocycles. The molecule has 3 rings (SSSR count). The SMILES string of the molecule is Cc1nc(/C(N)=C(\CNC(=O)OCC(C)C2CC2)N(C)N)ccc1OC1CCCCC1. The number of nitrogens with zero attached hydrogens (tertiary/aromatic N) is 2. The molecule has 8 nitrogen and oxygen atoms in total. The first-order valence-electron chi connectivity index (χ1n) is 11.4. The van der Waals surface area contributed by atoms with Gasteiger partial charge in [-0.25, -0.2) is 15.6 Å². The molecule has 1 aromatic rings. The maximum Gasteiger partial charge on any atom is 0.407 e. The molecule has 31 heavy (non-hydrogen) atoms. The van der Waals surface area contributed by atoms with Crippen LogP contribution in [0.5, 0.6) is 5.75 Å². The summed E-state index contributed by atoms with van der Waals surface area (Å²) in [5.74, 6) is 7.84. The van der Waals surface area contributed by atoms with Crippen LogP contribution in [-0.4, -0.2) is 42.4 Å². The number of likely N-dealkylation sites (N-methyl/N-ethyl adjacent to an activating group) is 1. The van der Waals surface area contributed by atoms with Crippen molar-refractivity contribution in [2.45, 2.75) is 64.9 Å². The summed E-state index contributed by atoms with van der Waals surface area (Å²) in [6.45, 7) is 4.60. The normalized spacial score (nSPS) is 18.7. The van der Waals surface area contributed by atoms with Crippen LogP contribution in [0, 0.1) is 18.8 Å². The van der Waals surface area contributed by atoms with Crippen LogP contribution in [0.15, 0.2) is 17.8 Å².